The maximum atomic E-state index is 12.3. The maximum absolute atomic E-state index is 12.3. The van der Waals surface area contributed by atoms with Crippen LogP contribution in [-0.4, -0.2) is 53.5 Å². The highest BCUT2D eigenvalue weighted by Crippen LogP contribution is 2.16. The number of rotatable bonds is 5. The van der Waals surface area contributed by atoms with Gasteiger partial charge in [-0.05, 0) is 32.5 Å². The molecule has 1 atom stereocenters. The minimum atomic E-state index is -0.112. The first kappa shape index (κ1) is 17.8. The molecule has 1 amide bonds. The Morgan fingerprint density at radius 2 is 2.24 bits per heavy atom. The van der Waals surface area contributed by atoms with E-state index in [-0.39, 0.29) is 5.91 Å². The van der Waals surface area contributed by atoms with Crippen LogP contribution in [-0.2, 0) is 13.0 Å². The first-order chi connectivity index (χ1) is 12.1. The number of thiazole rings is 1. The highest BCUT2D eigenvalue weighted by atomic mass is 32.1. The fourth-order valence-corrected chi connectivity index (χ4v) is 3.63. The van der Waals surface area contributed by atoms with Crippen molar-refractivity contribution in [2.45, 2.75) is 32.9 Å². The second kappa shape index (κ2) is 7.93. The maximum Gasteiger partial charge on any atom is 0.253 e. The molecule has 0 aromatic carbocycles. The number of likely N-dealkylation sites (N-methyl/N-ethyl adjacent to an activating group) is 1. The Bertz CT molecular complexity index is 715. The van der Waals surface area contributed by atoms with Crippen LogP contribution in [0.15, 0.2) is 23.7 Å². The highest BCUT2D eigenvalue weighted by Gasteiger charge is 2.21. The van der Waals surface area contributed by atoms with Crippen LogP contribution in [0.5, 0.6) is 0 Å². The van der Waals surface area contributed by atoms with E-state index < -0.39 is 0 Å². The van der Waals surface area contributed by atoms with Gasteiger partial charge in [0.2, 0.25) is 0 Å². The third-order valence-electron chi connectivity index (χ3n) is 4.66. The topological polar surface area (TPSA) is 61.4 Å². The zero-order chi connectivity index (χ0) is 17.8. The van der Waals surface area contributed by atoms with Gasteiger partial charge in [-0.2, -0.15) is 0 Å². The number of piperazine rings is 1. The number of carbonyl (C=O) groups excluding carboxylic acids is 1. The number of nitrogens with zero attached hydrogens (tertiary/aromatic N) is 4. The lowest BCUT2D eigenvalue weighted by Gasteiger charge is -2.38. The molecule has 3 rings (SSSR count). The quantitative estimate of drug-likeness (QED) is 0.887. The molecule has 0 aliphatic carbocycles. The molecular formula is C18H25N5OS. The molecule has 134 valence electrons. The molecule has 0 spiro atoms. The van der Waals surface area contributed by atoms with E-state index in [9.17, 15) is 4.79 Å². The van der Waals surface area contributed by atoms with Crippen molar-refractivity contribution in [1.82, 2.24) is 20.2 Å². The second-order valence-corrected chi connectivity index (χ2v) is 7.39. The van der Waals surface area contributed by atoms with Gasteiger partial charge in [-0.3, -0.25) is 4.79 Å². The molecule has 3 heterocycles. The molecule has 1 N–H and O–H groups in total. The third-order valence-corrected chi connectivity index (χ3v) is 5.55. The van der Waals surface area contributed by atoms with Crippen LogP contribution in [0.1, 0.15) is 34.9 Å². The van der Waals surface area contributed by atoms with Crippen molar-refractivity contribution in [3.8, 4) is 0 Å². The summed E-state index contributed by atoms with van der Waals surface area (Å²) in [5.74, 6) is 0.822. The van der Waals surface area contributed by atoms with Gasteiger partial charge in [-0.1, -0.05) is 6.92 Å². The van der Waals surface area contributed by atoms with Crippen molar-refractivity contribution in [3.05, 3.63) is 40.0 Å². The molecule has 7 heteroatoms. The van der Waals surface area contributed by atoms with Gasteiger partial charge in [-0.25, -0.2) is 9.97 Å². The summed E-state index contributed by atoms with van der Waals surface area (Å²) in [4.78, 5) is 25.9. The zero-order valence-electron chi connectivity index (χ0n) is 15.0. The SMILES string of the molecule is CCc1csc(CNC(=O)c2ccc(N3CCN(C)[C@@H](C)C3)nc2)n1. The molecular weight excluding hydrogens is 334 g/mol. The highest BCUT2D eigenvalue weighted by molar-refractivity contribution is 7.09. The monoisotopic (exact) mass is 359 g/mol. The van der Waals surface area contributed by atoms with E-state index in [1.807, 2.05) is 17.5 Å². The molecule has 0 unspecified atom stereocenters. The Kier molecular flexibility index (Phi) is 5.65. The summed E-state index contributed by atoms with van der Waals surface area (Å²) in [7, 11) is 2.15. The zero-order valence-corrected chi connectivity index (χ0v) is 15.8. The van der Waals surface area contributed by atoms with Gasteiger partial charge in [0, 0.05) is 37.3 Å². The lowest BCUT2D eigenvalue weighted by molar-refractivity contribution is 0.0950. The van der Waals surface area contributed by atoms with Gasteiger partial charge in [-0.15, -0.1) is 11.3 Å². The smallest absolute Gasteiger partial charge is 0.253 e. The molecule has 1 fully saturated rings. The number of anilines is 1. The summed E-state index contributed by atoms with van der Waals surface area (Å²) in [5, 5.41) is 5.88. The van der Waals surface area contributed by atoms with Crippen molar-refractivity contribution >= 4 is 23.1 Å². The average molecular weight is 359 g/mol. The number of amides is 1. The van der Waals surface area contributed by atoms with Crippen molar-refractivity contribution in [2.75, 3.05) is 31.6 Å². The molecule has 1 aliphatic rings. The summed E-state index contributed by atoms with van der Waals surface area (Å²) < 4.78 is 0. The molecule has 0 bridgehead atoms. The molecule has 2 aromatic heterocycles. The summed E-state index contributed by atoms with van der Waals surface area (Å²) in [6.07, 6.45) is 2.58. The van der Waals surface area contributed by atoms with Gasteiger partial charge >= 0.3 is 0 Å². The van der Waals surface area contributed by atoms with Gasteiger partial charge in [0.15, 0.2) is 0 Å². The van der Waals surface area contributed by atoms with E-state index in [0.29, 0.717) is 18.2 Å². The van der Waals surface area contributed by atoms with Crippen LogP contribution in [0.25, 0.3) is 0 Å². The van der Waals surface area contributed by atoms with Gasteiger partial charge < -0.3 is 15.1 Å². The van der Waals surface area contributed by atoms with E-state index in [4.69, 9.17) is 0 Å². The van der Waals surface area contributed by atoms with Crippen LogP contribution >= 0.6 is 11.3 Å². The van der Waals surface area contributed by atoms with Crippen LogP contribution in [0.2, 0.25) is 0 Å². The Labute approximate surface area is 152 Å². The van der Waals surface area contributed by atoms with Crippen molar-refractivity contribution in [2.24, 2.45) is 0 Å². The molecule has 0 saturated carbocycles. The third kappa shape index (κ3) is 4.35. The van der Waals surface area contributed by atoms with Gasteiger partial charge in [0.1, 0.15) is 10.8 Å². The van der Waals surface area contributed by atoms with Crippen LogP contribution in [0, 0.1) is 0 Å². The van der Waals surface area contributed by atoms with E-state index in [2.05, 4.69) is 46.0 Å². The summed E-state index contributed by atoms with van der Waals surface area (Å²) in [6, 6.07) is 4.29. The van der Waals surface area contributed by atoms with E-state index in [1.54, 1.807) is 17.5 Å². The molecule has 1 saturated heterocycles. The van der Waals surface area contributed by atoms with Gasteiger partial charge in [0.05, 0.1) is 17.8 Å². The number of pyridine rings is 1. The Morgan fingerprint density at radius 3 is 2.88 bits per heavy atom. The first-order valence-corrected chi connectivity index (χ1v) is 9.57. The van der Waals surface area contributed by atoms with Gasteiger partial charge in [0.25, 0.3) is 5.91 Å². The Hall–Kier alpha value is -1.99. The van der Waals surface area contributed by atoms with E-state index in [1.165, 1.54) is 0 Å². The molecule has 2 aromatic rings. The van der Waals surface area contributed by atoms with Crippen molar-refractivity contribution in [3.63, 3.8) is 0 Å². The minimum absolute atomic E-state index is 0.112. The van der Waals surface area contributed by atoms with Crippen molar-refractivity contribution < 1.29 is 4.79 Å². The summed E-state index contributed by atoms with van der Waals surface area (Å²) in [5.41, 5.74) is 1.65. The molecule has 6 nitrogen and oxygen atoms in total. The fraction of sp³-hybridized carbons (Fsp3) is 0.500. The average Bonchev–Trinajstić information content (AvgIpc) is 3.10. The minimum Gasteiger partial charge on any atom is -0.354 e. The number of aryl methyl sites for hydroxylation is 1. The lowest BCUT2D eigenvalue weighted by Crippen LogP contribution is -2.50. The first-order valence-electron chi connectivity index (χ1n) is 8.69. The lowest BCUT2D eigenvalue weighted by atomic mass is 10.2. The number of nitrogens with one attached hydrogen (secondary N) is 1. The summed E-state index contributed by atoms with van der Waals surface area (Å²) in [6.45, 7) is 7.70. The van der Waals surface area contributed by atoms with Crippen molar-refractivity contribution in [1.29, 1.82) is 0 Å². The van der Waals surface area contributed by atoms with E-state index in [0.717, 1.165) is 42.6 Å². The number of hydrogen-bond donors (Lipinski definition) is 1. The summed E-state index contributed by atoms with van der Waals surface area (Å²) >= 11 is 1.58. The predicted octanol–water partition coefficient (Wildman–Crippen LogP) is 2.17. The number of hydrogen-bond acceptors (Lipinski definition) is 6. The van der Waals surface area contributed by atoms with Crippen LogP contribution < -0.4 is 10.2 Å². The van der Waals surface area contributed by atoms with E-state index >= 15 is 0 Å². The Morgan fingerprint density at radius 1 is 1.40 bits per heavy atom. The molecule has 0 radical (unpaired) electrons. The predicted molar refractivity (Wildman–Crippen MR) is 101 cm³/mol. The standard InChI is InChI=1S/C18H25N5OS/c1-4-15-12-25-17(21-15)10-20-18(24)14-5-6-16(19-9-14)23-8-7-22(3)13(2)11-23/h5-6,9,12-13H,4,7-8,10-11H2,1-3H3,(H,20,24)/t13-/m0/s1. The van der Waals surface area contributed by atoms with Crippen LogP contribution in [0.3, 0.4) is 0 Å². The largest absolute Gasteiger partial charge is 0.354 e. The molecule has 25 heavy (non-hydrogen) atoms. The Balaban J connectivity index is 1.57. The number of carbonyl (C=O) groups is 1. The van der Waals surface area contributed by atoms with Crippen LogP contribution in [0.4, 0.5) is 5.82 Å². The normalized spacial score (nSPS) is 18.4. The second-order valence-electron chi connectivity index (χ2n) is 6.45. The number of aromatic nitrogens is 2. The molecule has 1 aliphatic heterocycles. The fourth-order valence-electron chi connectivity index (χ4n) is 2.81.